The van der Waals surface area contributed by atoms with Crippen molar-refractivity contribution in [3.05, 3.63) is 64.6 Å². The molecule has 1 saturated heterocycles. The molecule has 150 valence electrons. The number of phenols is 1. The normalized spacial score (nSPS) is 14.3. The maximum absolute atomic E-state index is 14.4. The first-order valence-electron chi connectivity index (χ1n) is 9.20. The fourth-order valence-corrected chi connectivity index (χ4v) is 3.81. The average molecular weight is 416 g/mol. The number of carbonyl (C=O) groups excluding carboxylic acids is 1. The lowest BCUT2D eigenvalue weighted by atomic mass is 10.0. The number of phenolic OH excluding ortho intramolecular Hbond substituents is 1. The highest BCUT2D eigenvalue weighted by atomic mass is 35.5. The number of piperazine rings is 1. The molecule has 0 bridgehead atoms. The van der Waals surface area contributed by atoms with Crippen LogP contribution in [0.3, 0.4) is 0 Å². The van der Waals surface area contributed by atoms with Gasteiger partial charge in [-0.3, -0.25) is 4.79 Å². The second-order valence-electron chi connectivity index (χ2n) is 6.83. The number of aromatic hydroxyl groups is 1. The molecule has 29 heavy (non-hydrogen) atoms. The SMILES string of the molecule is Cc1onc(-c2c(F)cccc2Cl)c1C(=O)N1CCN(c2ccccc2O)CC1. The van der Waals surface area contributed by atoms with Crippen molar-refractivity contribution in [1.82, 2.24) is 10.1 Å². The van der Waals surface area contributed by atoms with Gasteiger partial charge in [-0.25, -0.2) is 4.39 Å². The second-order valence-corrected chi connectivity index (χ2v) is 7.23. The lowest BCUT2D eigenvalue weighted by Gasteiger charge is -2.36. The maximum atomic E-state index is 14.4. The zero-order valence-corrected chi connectivity index (χ0v) is 16.5. The summed E-state index contributed by atoms with van der Waals surface area (Å²) < 4.78 is 19.6. The highest BCUT2D eigenvalue weighted by Crippen LogP contribution is 2.34. The molecule has 3 aromatic rings. The predicted molar refractivity (Wildman–Crippen MR) is 108 cm³/mol. The third kappa shape index (κ3) is 3.53. The third-order valence-corrected chi connectivity index (χ3v) is 5.38. The fraction of sp³-hybridized carbons (Fsp3) is 0.238. The second kappa shape index (κ2) is 7.75. The summed E-state index contributed by atoms with van der Waals surface area (Å²) in [6.45, 7) is 3.63. The Morgan fingerprint density at radius 2 is 1.86 bits per heavy atom. The van der Waals surface area contributed by atoms with Crippen LogP contribution >= 0.6 is 11.6 Å². The summed E-state index contributed by atoms with van der Waals surface area (Å²) in [6, 6.07) is 11.4. The number of aromatic nitrogens is 1. The Bertz CT molecular complexity index is 1040. The van der Waals surface area contributed by atoms with Crippen molar-refractivity contribution in [2.45, 2.75) is 6.92 Å². The lowest BCUT2D eigenvalue weighted by molar-refractivity contribution is 0.0745. The van der Waals surface area contributed by atoms with Crippen LogP contribution in [0.4, 0.5) is 10.1 Å². The van der Waals surface area contributed by atoms with Gasteiger partial charge in [0.1, 0.15) is 28.6 Å². The van der Waals surface area contributed by atoms with E-state index >= 15 is 0 Å². The van der Waals surface area contributed by atoms with E-state index in [1.165, 1.54) is 12.1 Å². The number of anilines is 1. The standard InChI is InChI=1S/C21H19ClFN3O3/c1-13-18(20(24-29-13)19-14(22)5-4-6-15(19)23)21(28)26-11-9-25(10-12-26)16-7-2-3-8-17(16)27/h2-8,27H,9-12H2,1H3. The van der Waals surface area contributed by atoms with Crippen LogP contribution in [0.1, 0.15) is 16.1 Å². The van der Waals surface area contributed by atoms with Crippen molar-refractivity contribution in [1.29, 1.82) is 0 Å². The molecule has 0 unspecified atom stereocenters. The number of hydrogen-bond donors (Lipinski definition) is 1. The number of nitrogens with zero attached hydrogens (tertiary/aromatic N) is 3. The minimum absolute atomic E-state index is 0.0576. The molecule has 0 atom stereocenters. The molecular weight excluding hydrogens is 397 g/mol. The molecular formula is C21H19ClFN3O3. The molecule has 1 aromatic heterocycles. The molecule has 1 amide bonds. The fourth-order valence-electron chi connectivity index (χ4n) is 3.56. The highest BCUT2D eigenvalue weighted by molar-refractivity contribution is 6.33. The highest BCUT2D eigenvalue weighted by Gasteiger charge is 2.30. The molecule has 8 heteroatoms. The Labute approximate surface area is 172 Å². The predicted octanol–water partition coefficient (Wildman–Crippen LogP) is 4.11. The molecule has 0 saturated carbocycles. The Hall–Kier alpha value is -3.06. The third-order valence-electron chi connectivity index (χ3n) is 5.07. The minimum atomic E-state index is -0.566. The van der Waals surface area contributed by atoms with Gasteiger partial charge in [-0.2, -0.15) is 0 Å². The minimum Gasteiger partial charge on any atom is -0.506 e. The van der Waals surface area contributed by atoms with Crippen molar-refractivity contribution >= 4 is 23.2 Å². The van der Waals surface area contributed by atoms with E-state index in [9.17, 15) is 14.3 Å². The molecule has 6 nitrogen and oxygen atoms in total. The van der Waals surface area contributed by atoms with Crippen molar-refractivity contribution < 1.29 is 18.8 Å². The molecule has 2 heterocycles. The van der Waals surface area contributed by atoms with Crippen LogP contribution in [-0.2, 0) is 0 Å². The van der Waals surface area contributed by atoms with Crippen molar-refractivity contribution in [2.75, 3.05) is 31.1 Å². The van der Waals surface area contributed by atoms with Crippen molar-refractivity contribution in [3.63, 3.8) is 0 Å². The maximum Gasteiger partial charge on any atom is 0.259 e. The van der Waals surface area contributed by atoms with Crippen molar-refractivity contribution in [2.24, 2.45) is 0 Å². The van der Waals surface area contributed by atoms with E-state index < -0.39 is 5.82 Å². The number of benzene rings is 2. The van der Waals surface area contributed by atoms with Gasteiger partial charge in [-0.15, -0.1) is 0 Å². The van der Waals surface area contributed by atoms with Crippen LogP contribution in [0, 0.1) is 12.7 Å². The van der Waals surface area contributed by atoms with Crippen LogP contribution in [-0.4, -0.2) is 47.2 Å². The molecule has 0 radical (unpaired) electrons. The van der Waals surface area contributed by atoms with Gasteiger partial charge < -0.3 is 19.4 Å². The monoisotopic (exact) mass is 415 g/mol. The van der Waals surface area contributed by atoms with Gasteiger partial charge in [-0.05, 0) is 31.2 Å². The first-order chi connectivity index (χ1) is 14.0. The number of amides is 1. The summed E-state index contributed by atoms with van der Waals surface area (Å²) >= 11 is 6.16. The Kier molecular flexibility index (Phi) is 5.15. The molecule has 1 aliphatic rings. The van der Waals surface area contributed by atoms with Gasteiger partial charge in [-0.1, -0.05) is 35.0 Å². The van der Waals surface area contributed by atoms with Gasteiger partial charge >= 0.3 is 0 Å². The number of halogens is 2. The van der Waals surface area contributed by atoms with Gasteiger partial charge in [0.05, 0.1) is 16.3 Å². The van der Waals surface area contributed by atoms with E-state index in [4.69, 9.17) is 16.1 Å². The smallest absolute Gasteiger partial charge is 0.259 e. The largest absolute Gasteiger partial charge is 0.506 e. The zero-order valence-electron chi connectivity index (χ0n) is 15.7. The summed E-state index contributed by atoms with van der Waals surface area (Å²) in [5.74, 6) is -0.328. The summed E-state index contributed by atoms with van der Waals surface area (Å²) in [5.41, 5.74) is 1.12. The molecule has 1 aliphatic heterocycles. The van der Waals surface area contributed by atoms with Crippen LogP contribution in [0.25, 0.3) is 11.3 Å². The van der Waals surface area contributed by atoms with Crippen LogP contribution < -0.4 is 4.90 Å². The quantitative estimate of drug-likeness (QED) is 0.697. The molecule has 0 spiro atoms. The van der Waals surface area contributed by atoms with E-state index in [1.807, 2.05) is 17.0 Å². The molecule has 0 aliphatic carbocycles. The zero-order chi connectivity index (χ0) is 20.5. The van der Waals surface area contributed by atoms with E-state index in [0.29, 0.717) is 31.9 Å². The summed E-state index contributed by atoms with van der Waals surface area (Å²) in [4.78, 5) is 16.9. The Balaban J connectivity index is 1.58. The van der Waals surface area contributed by atoms with Gasteiger partial charge in [0.25, 0.3) is 5.91 Å². The molecule has 1 N–H and O–H groups in total. The number of hydrogen-bond acceptors (Lipinski definition) is 5. The number of carbonyl (C=O) groups is 1. The summed E-state index contributed by atoms with van der Waals surface area (Å²) in [7, 11) is 0. The van der Waals surface area contributed by atoms with E-state index in [2.05, 4.69) is 5.16 Å². The average Bonchev–Trinajstić information content (AvgIpc) is 3.09. The molecule has 2 aromatic carbocycles. The number of rotatable bonds is 3. The summed E-state index contributed by atoms with van der Waals surface area (Å²) in [6.07, 6.45) is 0. The van der Waals surface area contributed by atoms with Crippen LogP contribution in [0.15, 0.2) is 47.0 Å². The lowest BCUT2D eigenvalue weighted by Crippen LogP contribution is -2.49. The molecule has 4 rings (SSSR count). The van der Waals surface area contributed by atoms with Crippen LogP contribution in [0.2, 0.25) is 5.02 Å². The Morgan fingerprint density at radius 3 is 2.55 bits per heavy atom. The molecule has 1 fully saturated rings. The van der Waals surface area contributed by atoms with Gasteiger partial charge in [0.2, 0.25) is 0 Å². The van der Waals surface area contributed by atoms with E-state index in [-0.39, 0.29) is 33.5 Å². The number of aryl methyl sites for hydroxylation is 1. The van der Waals surface area contributed by atoms with Gasteiger partial charge in [0.15, 0.2) is 0 Å². The summed E-state index contributed by atoms with van der Waals surface area (Å²) in [5, 5.41) is 14.1. The van der Waals surface area contributed by atoms with E-state index in [1.54, 1.807) is 30.0 Å². The topological polar surface area (TPSA) is 69.8 Å². The van der Waals surface area contributed by atoms with E-state index in [0.717, 1.165) is 5.69 Å². The number of para-hydroxylation sites is 2. The first-order valence-corrected chi connectivity index (χ1v) is 9.58. The van der Waals surface area contributed by atoms with Gasteiger partial charge in [0, 0.05) is 26.2 Å². The van der Waals surface area contributed by atoms with Crippen LogP contribution in [0.5, 0.6) is 5.75 Å². The van der Waals surface area contributed by atoms with Crippen molar-refractivity contribution in [3.8, 4) is 17.0 Å². The first kappa shape index (κ1) is 19.3. The Morgan fingerprint density at radius 1 is 1.14 bits per heavy atom.